The zero-order valence-electron chi connectivity index (χ0n) is 19.4. The Morgan fingerprint density at radius 2 is 2.00 bits per heavy atom. The van der Waals surface area contributed by atoms with Crippen LogP contribution in [0.25, 0.3) is 11.3 Å². The van der Waals surface area contributed by atoms with Crippen LogP contribution in [0.2, 0.25) is 0 Å². The van der Waals surface area contributed by atoms with Crippen molar-refractivity contribution in [2.24, 2.45) is 11.8 Å². The molecule has 1 atom stereocenters. The molecule has 1 saturated carbocycles. The number of nitrogens with one attached hydrogen (secondary N) is 1. The number of nitrogens with zero attached hydrogens (tertiary/aromatic N) is 1. The average molecular weight is 425 g/mol. The predicted molar refractivity (Wildman–Crippen MR) is 126 cm³/mol. The van der Waals surface area contributed by atoms with Gasteiger partial charge in [0, 0.05) is 29.6 Å². The maximum absolute atomic E-state index is 12.1. The van der Waals surface area contributed by atoms with Crippen molar-refractivity contribution in [1.29, 1.82) is 0 Å². The highest BCUT2D eigenvalue weighted by atomic mass is 16.3. The third kappa shape index (κ3) is 6.12. The van der Waals surface area contributed by atoms with Gasteiger partial charge in [0.15, 0.2) is 0 Å². The summed E-state index contributed by atoms with van der Waals surface area (Å²) in [6.45, 7) is 6.74. The van der Waals surface area contributed by atoms with Crippen molar-refractivity contribution in [2.45, 2.75) is 90.1 Å². The van der Waals surface area contributed by atoms with Crippen molar-refractivity contribution in [3.05, 3.63) is 36.1 Å². The van der Waals surface area contributed by atoms with Gasteiger partial charge in [0.05, 0.1) is 6.26 Å². The van der Waals surface area contributed by atoms with Gasteiger partial charge >= 0.3 is 0 Å². The number of likely N-dealkylation sites (tertiary alicyclic amines) is 1. The summed E-state index contributed by atoms with van der Waals surface area (Å²) in [4.78, 5) is 14.8. The highest BCUT2D eigenvalue weighted by Crippen LogP contribution is 2.36. The first-order chi connectivity index (χ1) is 15.1. The first kappa shape index (κ1) is 22.4. The van der Waals surface area contributed by atoms with Gasteiger partial charge in [0.25, 0.3) is 0 Å². The van der Waals surface area contributed by atoms with E-state index in [1.165, 1.54) is 62.7 Å². The third-order valence-electron chi connectivity index (χ3n) is 7.44. The monoisotopic (exact) mass is 424 g/mol. The SMILES string of the molecule is CC(C)CCC(=O)NC1CCC(CCN2CCCCC2c2coc3cccc-3c2)CC1. The van der Waals surface area contributed by atoms with E-state index in [2.05, 4.69) is 42.3 Å². The standard InChI is InChI=1S/C27H40N2O2/c1-20(2)9-14-27(30)28-24-12-10-21(11-13-24)15-17-29-16-4-3-7-25(29)23-18-22-6-5-8-26(22)31-19-23/h5-6,8,18-21,24-25H,3-4,7,9-17H2,1-2H3,(H,28,30). The van der Waals surface area contributed by atoms with Crippen molar-refractivity contribution in [3.8, 4) is 11.3 Å². The molecular formula is C27H40N2O2. The summed E-state index contributed by atoms with van der Waals surface area (Å²) < 4.78 is 5.89. The quantitative estimate of drug-likeness (QED) is 0.532. The fourth-order valence-electron chi connectivity index (χ4n) is 5.46. The molecule has 1 amide bonds. The summed E-state index contributed by atoms with van der Waals surface area (Å²) >= 11 is 0. The third-order valence-corrected chi connectivity index (χ3v) is 7.44. The molecule has 4 heteroatoms. The van der Waals surface area contributed by atoms with Crippen LogP contribution in [0.15, 0.2) is 34.9 Å². The Morgan fingerprint density at radius 1 is 1.16 bits per heavy atom. The molecule has 0 radical (unpaired) electrons. The van der Waals surface area contributed by atoms with E-state index in [-0.39, 0.29) is 5.91 Å². The number of carbonyl (C=O) groups excluding carboxylic acids is 1. The molecule has 1 unspecified atom stereocenters. The summed E-state index contributed by atoms with van der Waals surface area (Å²) in [5.74, 6) is 2.63. The molecule has 0 aromatic rings. The first-order valence-corrected chi connectivity index (χ1v) is 12.6. The van der Waals surface area contributed by atoms with Crippen LogP contribution in [0.3, 0.4) is 0 Å². The van der Waals surface area contributed by atoms with E-state index in [4.69, 9.17) is 4.42 Å². The summed E-state index contributed by atoms with van der Waals surface area (Å²) in [6.07, 6.45) is 13.6. The van der Waals surface area contributed by atoms with Gasteiger partial charge in [-0.25, -0.2) is 0 Å². The Labute approximate surface area is 188 Å². The molecule has 4 rings (SSSR count). The Hall–Kier alpha value is -1.81. The molecule has 2 fully saturated rings. The molecule has 170 valence electrons. The number of hydrogen-bond acceptors (Lipinski definition) is 3. The lowest BCUT2D eigenvalue weighted by molar-refractivity contribution is -0.122. The molecule has 4 aliphatic rings. The van der Waals surface area contributed by atoms with Crippen LogP contribution in [-0.2, 0) is 4.79 Å². The van der Waals surface area contributed by atoms with E-state index in [1.54, 1.807) is 0 Å². The lowest BCUT2D eigenvalue weighted by atomic mass is 9.83. The van der Waals surface area contributed by atoms with Crippen LogP contribution >= 0.6 is 0 Å². The molecule has 2 aliphatic heterocycles. The normalized spacial score (nSPS) is 25.2. The molecule has 2 aliphatic carbocycles. The average Bonchev–Trinajstić information content (AvgIpc) is 3.25. The lowest BCUT2D eigenvalue weighted by Gasteiger charge is -2.37. The second-order valence-electron chi connectivity index (χ2n) is 10.3. The second-order valence-corrected chi connectivity index (χ2v) is 10.3. The maximum Gasteiger partial charge on any atom is 0.220 e. The molecule has 2 heterocycles. The fraction of sp³-hybridized carbons (Fsp3) is 0.667. The van der Waals surface area contributed by atoms with Crippen molar-refractivity contribution < 1.29 is 9.21 Å². The molecule has 0 aromatic heterocycles. The van der Waals surface area contributed by atoms with Crippen LogP contribution in [0.1, 0.15) is 89.7 Å². The molecule has 4 nitrogen and oxygen atoms in total. The summed E-state index contributed by atoms with van der Waals surface area (Å²) in [7, 11) is 0. The number of fused-ring (bicyclic) bond motifs is 1. The minimum atomic E-state index is 0.250. The maximum atomic E-state index is 12.1. The summed E-state index contributed by atoms with van der Waals surface area (Å²) in [6, 6.07) is 9.48. The minimum Gasteiger partial charge on any atom is -0.464 e. The van der Waals surface area contributed by atoms with Gasteiger partial charge in [-0.05, 0) is 88.4 Å². The Balaban J connectivity index is 1.24. The van der Waals surface area contributed by atoms with Gasteiger partial charge in [0.2, 0.25) is 5.91 Å². The van der Waals surface area contributed by atoms with Gasteiger partial charge < -0.3 is 9.73 Å². The predicted octanol–water partition coefficient (Wildman–Crippen LogP) is 6.41. The largest absolute Gasteiger partial charge is 0.464 e. The molecular weight excluding hydrogens is 384 g/mol. The Morgan fingerprint density at radius 3 is 2.81 bits per heavy atom. The number of rotatable bonds is 8. The molecule has 1 saturated heterocycles. The second kappa shape index (κ2) is 10.7. The zero-order valence-corrected chi connectivity index (χ0v) is 19.4. The Kier molecular flexibility index (Phi) is 7.71. The van der Waals surface area contributed by atoms with Gasteiger partial charge in [-0.3, -0.25) is 9.69 Å². The van der Waals surface area contributed by atoms with Gasteiger partial charge in [0.1, 0.15) is 5.76 Å². The molecule has 0 spiro atoms. The van der Waals surface area contributed by atoms with Crippen LogP contribution in [0, 0.1) is 11.8 Å². The van der Waals surface area contributed by atoms with E-state index in [1.807, 2.05) is 12.3 Å². The Bertz CT molecular complexity index is 790. The highest BCUT2D eigenvalue weighted by Gasteiger charge is 2.27. The van der Waals surface area contributed by atoms with Crippen LogP contribution in [0.5, 0.6) is 0 Å². The van der Waals surface area contributed by atoms with E-state index in [9.17, 15) is 4.79 Å². The van der Waals surface area contributed by atoms with E-state index < -0.39 is 0 Å². The molecule has 1 N–H and O–H groups in total. The van der Waals surface area contributed by atoms with Gasteiger partial charge in [-0.15, -0.1) is 0 Å². The van der Waals surface area contributed by atoms with Crippen molar-refractivity contribution in [1.82, 2.24) is 10.2 Å². The van der Waals surface area contributed by atoms with Crippen LogP contribution < -0.4 is 5.32 Å². The smallest absolute Gasteiger partial charge is 0.220 e. The van der Waals surface area contributed by atoms with Crippen molar-refractivity contribution >= 4 is 5.91 Å². The summed E-state index contributed by atoms with van der Waals surface area (Å²) in [5.41, 5.74) is 2.56. The van der Waals surface area contributed by atoms with E-state index >= 15 is 0 Å². The molecule has 0 aromatic carbocycles. The highest BCUT2D eigenvalue weighted by molar-refractivity contribution is 5.76. The fourth-order valence-corrected chi connectivity index (χ4v) is 5.46. The number of piperidine rings is 1. The number of carbonyl (C=O) groups is 1. The van der Waals surface area contributed by atoms with Crippen molar-refractivity contribution in [2.75, 3.05) is 13.1 Å². The zero-order chi connectivity index (χ0) is 21.6. The number of hydrogen-bond donors (Lipinski definition) is 1. The lowest BCUT2D eigenvalue weighted by Crippen LogP contribution is -2.39. The van der Waals surface area contributed by atoms with Crippen LogP contribution in [-0.4, -0.2) is 29.9 Å². The van der Waals surface area contributed by atoms with E-state index in [0.29, 0.717) is 24.4 Å². The molecule has 31 heavy (non-hydrogen) atoms. The van der Waals surface area contributed by atoms with Gasteiger partial charge in [-0.1, -0.05) is 32.4 Å². The topological polar surface area (TPSA) is 45.5 Å². The minimum absolute atomic E-state index is 0.250. The van der Waals surface area contributed by atoms with Crippen LogP contribution in [0.4, 0.5) is 0 Å². The van der Waals surface area contributed by atoms with Gasteiger partial charge in [-0.2, -0.15) is 0 Å². The summed E-state index contributed by atoms with van der Waals surface area (Å²) in [5, 5.41) is 3.28. The van der Waals surface area contributed by atoms with Crippen molar-refractivity contribution in [3.63, 3.8) is 0 Å². The first-order valence-electron chi connectivity index (χ1n) is 12.6. The van der Waals surface area contributed by atoms with E-state index in [0.717, 1.165) is 30.9 Å². The number of amides is 1. The molecule has 0 bridgehead atoms.